The zero-order valence-corrected chi connectivity index (χ0v) is 8.71. The molecule has 1 aromatic heterocycles. The number of hydrogen-bond acceptors (Lipinski definition) is 2. The first-order valence-corrected chi connectivity index (χ1v) is 4.79. The van der Waals surface area contributed by atoms with Gasteiger partial charge in [0.2, 0.25) is 0 Å². The smallest absolute Gasteiger partial charge is 0.315 e. The van der Waals surface area contributed by atoms with Gasteiger partial charge in [0.25, 0.3) is 0 Å². The minimum absolute atomic E-state index is 0.659. The molecule has 0 amide bonds. The van der Waals surface area contributed by atoms with E-state index in [2.05, 4.69) is 21.0 Å². The molecule has 0 saturated heterocycles. The van der Waals surface area contributed by atoms with Crippen molar-refractivity contribution >= 4 is 21.9 Å². The van der Waals surface area contributed by atoms with Crippen LogP contribution in [0.15, 0.2) is 10.7 Å². The fourth-order valence-corrected chi connectivity index (χ4v) is 2.04. The van der Waals surface area contributed by atoms with Gasteiger partial charge < -0.3 is 5.11 Å². The molecule has 0 bridgehead atoms. The number of nitrogens with zero attached hydrogens (tertiary/aromatic N) is 2. The van der Waals surface area contributed by atoms with Crippen LogP contribution in [0.25, 0.3) is 0 Å². The van der Waals surface area contributed by atoms with Crippen molar-refractivity contribution in [1.82, 2.24) is 9.78 Å². The molecular formula is C8H9BrN2O2. The predicted octanol–water partition coefficient (Wildman–Crippen LogP) is 1.30. The fraction of sp³-hybridized carbons (Fsp3) is 0.500. The van der Waals surface area contributed by atoms with Gasteiger partial charge in [-0.25, -0.2) is 0 Å². The second-order valence-corrected chi connectivity index (χ2v) is 4.18. The Labute approximate surface area is 83.7 Å². The first-order valence-electron chi connectivity index (χ1n) is 4.00. The number of carboxylic acids is 1. The van der Waals surface area contributed by atoms with Crippen LogP contribution in [0.4, 0.5) is 0 Å². The highest BCUT2D eigenvalue weighted by atomic mass is 79.9. The molecule has 13 heavy (non-hydrogen) atoms. The summed E-state index contributed by atoms with van der Waals surface area (Å²) in [4.78, 5) is 11.0. The molecule has 0 aliphatic heterocycles. The molecule has 1 N–H and O–H groups in total. The quantitative estimate of drug-likeness (QED) is 0.854. The summed E-state index contributed by atoms with van der Waals surface area (Å²) in [6.45, 7) is 0. The van der Waals surface area contributed by atoms with Crippen LogP contribution in [-0.2, 0) is 17.3 Å². The van der Waals surface area contributed by atoms with Crippen LogP contribution in [0.1, 0.15) is 18.5 Å². The van der Waals surface area contributed by atoms with Crippen molar-refractivity contribution in [2.75, 3.05) is 0 Å². The highest BCUT2D eigenvalue weighted by molar-refractivity contribution is 9.10. The van der Waals surface area contributed by atoms with Gasteiger partial charge in [-0.2, -0.15) is 5.10 Å². The fourth-order valence-electron chi connectivity index (χ4n) is 1.58. The largest absolute Gasteiger partial charge is 0.481 e. The Bertz CT molecular complexity index is 368. The number of carbonyl (C=O) groups is 1. The summed E-state index contributed by atoms with van der Waals surface area (Å²) in [7, 11) is 1.77. The standard InChI is InChI=1S/C8H9BrN2O2/c1-11-5(4-6(9)10-11)8(2-3-8)7(12)13/h4H,2-3H2,1H3,(H,12,13). The lowest BCUT2D eigenvalue weighted by atomic mass is 10.0. The Morgan fingerprint density at radius 3 is 2.69 bits per heavy atom. The van der Waals surface area contributed by atoms with Crippen LogP contribution in [0, 0.1) is 0 Å². The highest BCUT2D eigenvalue weighted by Crippen LogP contribution is 2.48. The predicted molar refractivity (Wildman–Crippen MR) is 49.5 cm³/mol. The van der Waals surface area contributed by atoms with Gasteiger partial charge in [0.05, 0.1) is 5.69 Å². The van der Waals surface area contributed by atoms with Crippen molar-refractivity contribution < 1.29 is 9.90 Å². The molecule has 2 rings (SSSR count). The summed E-state index contributed by atoms with van der Waals surface area (Å²) in [6, 6.07) is 1.78. The van der Waals surface area contributed by atoms with Crippen molar-refractivity contribution in [2.45, 2.75) is 18.3 Å². The Kier molecular flexibility index (Phi) is 1.73. The van der Waals surface area contributed by atoms with Gasteiger partial charge in [-0.05, 0) is 34.8 Å². The second kappa shape index (κ2) is 2.57. The number of halogens is 1. The zero-order chi connectivity index (χ0) is 9.64. The molecule has 1 saturated carbocycles. The van der Waals surface area contributed by atoms with Gasteiger partial charge in [0.15, 0.2) is 0 Å². The van der Waals surface area contributed by atoms with Gasteiger partial charge in [-0.3, -0.25) is 9.48 Å². The first-order chi connectivity index (χ1) is 6.06. The second-order valence-electron chi connectivity index (χ2n) is 3.36. The van der Waals surface area contributed by atoms with Gasteiger partial charge >= 0.3 is 5.97 Å². The van der Waals surface area contributed by atoms with Gasteiger partial charge in [0.1, 0.15) is 10.0 Å². The van der Waals surface area contributed by atoms with E-state index in [1.54, 1.807) is 17.8 Å². The van der Waals surface area contributed by atoms with E-state index in [-0.39, 0.29) is 0 Å². The third-order valence-electron chi connectivity index (χ3n) is 2.50. The third kappa shape index (κ3) is 1.18. The normalized spacial score (nSPS) is 18.6. The van der Waals surface area contributed by atoms with E-state index >= 15 is 0 Å². The number of rotatable bonds is 2. The average molecular weight is 245 g/mol. The molecule has 0 spiro atoms. The Morgan fingerprint density at radius 1 is 1.77 bits per heavy atom. The molecule has 70 valence electrons. The third-order valence-corrected chi connectivity index (χ3v) is 2.89. The van der Waals surface area contributed by atoms with Crippen LogP contribution < -0.4 is 0 Å². The van der Waals surface area contributed by atoms with Crippen molar-refractivity contribution in [3.05, 3.63) is 16.4 Å². The minimum atomic E-state index is -0.747. The number of aryl methyl sites for hydroxylation is 1. The van der Waals surface area contributed by atoms with Gasteiger partial charge in [0, 0.05) is 7.05 Å². The molecule has 1 aliphatic carbocycles. The Hall–Kier alpha value is -0.840. The summed E-state index contributed by atoms with van der Waals surface area (Å²) in [5, 5.41) is 13.1. The summed E-state index contributed by atoms with van der Waals surface area (Å²) in [5.41, 5.74) is 0.125. The van der Waals surface area contributed by atoms with E-state index in [0.29, 0.717) is 17.4 Å². The molecule has 1 heterocycles. The molecule has 1 aliphatic rings. The van der Waals surface area contributed by atoms with Gasteiger partial charge in [-0.1, -0.05) is 0 Å². The van der Waals surface area contributed by atoms with E-state index in [4.69, 9.17) is 5.11 Å². The Morgan fingerprint density at radius 2 is 2.38 bits per heavy atom. The molecule has 4 nitrogen and oxygen atoms in total. The highest BCUT2D eigenvalue weighted by Gasteiger charge is 2.53. The minimum Gasteiger partial charge on any atom is -0.481 e. The van der Waals surface area contributed by atoms with Crippen molar-refractivity contribution in [3.63, 3.8) is 0 Å². The maximum Gasteiger partial charge on any atom is 0.315 e. The van der Waals surface area contributed by atoms with Crippen molar-refractivity contribution in [2.24, 2.45) is 7.05 Å². The molecule has 5 heteroatoms. The van der Waals surface area contributed by atoms with E-state index in [1.165, 1.54) is 0 Å². The summed E-state index contributed by atoms with van der Waals surface area (Å²) in [5.74, 6) is -0.747. The average Bonchev–Trinajstić information content (AvgIpc) is 2.75. The molecule has 0 atom stereocenters. The van der Waals surface area contributed by atoms with Crippen molar-refractivity contribution in [1.29, 1.82) is 0 Å². The first kappa shape index (κ1) is 8.74. The summed E-state index contributed by atoms with van der Waals surface area (Å²) >= 11 is 3.23. The van der Waals surface area contributed by atoms with E-state index < -0.39 is 11.4 Å². The van der Waals surface area contributed by atoms with Crippen LogP contribution in [0.2, 0.25) is 0 Å². The number of carboxylic acid groups (broad SMARTS) is 1. The molecule has 1 aromatic rings. The number of hydrogen-bond donors (Lipinski definition) is 1. The lowest BCUT2D eigenvalue weighted by Crippen LogP contribution is -2.22. The number of aliphatic carboxylic acids is 1. The maximum atomic E-state index is 11.0. The molecule has 0 aromatic carbocycles. The zero-order valence-electron chi connectivity index (χ0n) is 7.12. The van der Waals surface area contributed by atoms with Crippen LogP contribution in [-0.4, -0.2) is 20.9 Å². The molecule has 0 unspecified atom stereocenters. The lowest BCUT2D eigenvalue weighted by molar-refractivity contribution is -0.140. The van der Waals surface area contributed by atoms with Gasteiger partial charge in [-0.15, -0.1) is 0 Å². The molecule has 0 radical (unpaired) electrons. The lowest BCUT2D eigenvalue weighted by Gasteiger charge is -2.08. The Balaban J connectivity index is 2.46. The molecular weight excluding hydrogens is 236 g/mol. The maximum absolute atomic E-state index is 11.0. The SMILES string of the molecule is Cn1nc(Br)cc1C1(C(=O)O)CC1. The van der Waals surface area contributed by atoms with E-state index in [1.807, 2.05) is 0 Å². The number of aromatic nitrogens is 2. The monoisotopic (exact) mass is 244 g/mol. The van der Waals surface area contributed by atoms with Crippen LogP contribution in [0.5, 0.6) is 0 Å². The topological polar surface area (TPSA) is 55.1 Å². The van der Waals surface area contributed by atoms with Crippen LogP contribution >= 0.6 is 15.9 Å². The van der Waals surface area contributed by atoms with E-state index in [0.717, 1.165) is 5.69 Å². The summed E-state index contributed by atoms with van der Waals surface area (Å²) < 4.78 is 2.32. The molecule has 1 fully saturated rings. The van der Waals surface area contributed by atoms with Crippen LogP contribution in [0.3, 0.4) is 0 Å². The van der Waals surface area contributed by atoms with E-state index in [9.17, 15) is 4.79 Å². The van der Waals surface area contributed by atoms with Crippen molar-refractivity contribution in [3.8, 4) is 0 Å². The summed E-state index contributed by atoms with van der Waals surface area (Å²) in [6.07, 6.45) is 1.43.